The summed E-state index contributed by atoms with van der Waals surface area (Å²) in [6, 6.07) is 14.2. The van der Waals surface area contributed by atoms with Crippen LogP contribution in [-0.4, -0.2) is 0 Å². The number of halogens is 2. The molecule has 0 saturated carbocycles. The van der Waals surface area contributed by atoms with Crippen molar-refractivity contribution >= 4 is 27.5 Å². The van der Waals surface area contributed by atoms with Crippen molar-refractivity contribution in [1.29, 1.82) is 0 Å². The Balaban J connectivity index is 2.07. The van der Waals surface area contributed by atoms with Crippen LogP contribution in [0.1, 0.15) is 23.6 Å². The van der Waals surface area contributed by atoms with Crippen molar-refractivity contribution < 1.29 is 4.74 Å². The van der Waals surface area contributed by atoms with Crippen LogP contribution in [-0.2, 0) is 18.4 Å². The van der Waals surface area contributed by atoms with E-state index in [1.807, 2.05) is 18.2 Å². The molecule has 0 atom stereocenters. The smallest absolute Gasteiger partial charge is 0.125 e. The number of hydrogen-bond donors (Lipinski definition) is 0. The molecular weight excluding hydrogens is 324 g/mol. The van der Waals surface area contributed by atoms with Gasteiger partial charge in [0.05, 0.1) is 0 Å². The van der Waals surface area contributed by atoms with E-state index in [1.54, 1.807) is 0 Å². The van der Waals surface area contributed by atoms with Crippen LogP contribution in [0.15, 0.2) is 42.5 Å². The van der Waals surface area contributed by atoms with E-state index in [-0.39, 0.29) is 0 Å². The molecule has 3 heteroatoms. The molecule has 0 spiro atoms. The summed E-state index contributed by atoms with van der Waals surface area (Å²) < 4.78 is 5.85. The standard InChI is InChI=1S/C16H16BrClO/c1-2-12-6-8-13(9-7-12)11-19-16-5-3-4-15(18)14(16)10-17/h3-9H,2,10-11H2,1H3. The number of ether oxygens (including phenoxy) is 1. The molecule has 2 rings (SSSR count). The normalized spacial score (nSPS) is 10.5. The zero-order chi connectivity index (χ0) is 13.7. The number of alkyl halides is 1. The molecule has 0 fully saturated rings. The predicted octanol–water partition coefficient (Wildman–Crippen LogP) is 5.38. The maximum atomic E-state index is 6.14. The van der Waals surface area contributed by atoms with E-state index < -0.39 is 0 Å². The van der Waals surface area contributed by atoms with Gasteiger partial charge in [0.25, 0.3) is 0 Å². The molecule has 0 bridgehead atoms. The molecule has 0 N–H and O–H groups in total. The highest BCUT2D eigenvalue weighted by Gasteiger charge is 2.06. The minimum Gasteiger partial charge on any atom is -0.489 e. The topological polar surface area (TPSA) is 9.23 Å². The summed E-state index contributed by atoms with van der Waals surface area (Å²) in [4.78, 5) is 0. The van der Waals surface area contributed by atoms with Gasteiger partial charge in [-0.05, 0) is 29.7 Å². The van der Waals surface area contributed by atoms with E-state index in [0.717, 1.165) is 28.3 Å². The van der Waals surface area contributed by atoms with Crippen molar-refractivity contribution in [3.8, 4) is 5.75 Å². The predicted molar refractivity (Wildman–Crippen MR) is 84.2 cm³/mol. The molecule has 0 saturated heterocycles. The van der Waals surface area contributed by atoms with Gasteiger partial charge in [0.1, 0.15) is 12.4 Å². The van der Waals surface area contributed by atoms with Crippen molar-refractivity contribution in [1.82, 2.24) is 0 Å². The average molecular weight is 340 g/mol. The van der Waals surface area contributed by atoms with Crippen molar-refractivity contribution in [3.63, 3.8) is 0 Å². The minimum atomic E-state index is 0.560. The van der Waals surface area contributed by atoms with E-state index in [2.05, 4.69) is 47.1 Å². The van der Waals surface area contributed by atoms with E-state index in [9.17, 15) is 0 Å². The summed E-state index contributed by atoms with van der Waals surface area (Å²) in [5.74, 6) is 0.837. The Bertz CT molecular complexity index is 537. The zero-order valence-electron chi connectivity index (χ0n) is 10.8. The Kier molecular flexibility index (Phi) is 5.29. The Morgan fingerprint density at radius 2 is 1.74 bits per heavy atom. The van der Waals surface area contributed by atoms with Crippen LogP contribution < -0.4 is 4.74 Å². The monoisotopic (exact) mass is 338 g/mol. The lowest BCUT2D eigenvalue weighted by Crippen LogP contribution is -1.98. The largest absolute Gasteiger partial charge is 0.489 e. The average Bonchev–Trinajstić information content (AvgIpc) is 2.45. The quantitative estimate of drug-likeness (QED) is 0.665. The molecule has 100 valence electrons. The fourth-order valence-electron chi connectivity index (χ4n) is 1.84. The van der Waals surface area contributed by atoms with Gasteiger partial charge in [0.15, 0.2) is 0 Å². The molecule has 1 nitrogen and oxygen atoms in total. The first-order valence-electron chi connectivity index (χ1n) is 6.28. The molecule has 0 aromatic heterocycles. The second-order valence-electron chi connectivity index (χ2n) is 4.31. The molecule has 0 unspecified atom stereocenters. The summed E-state index contributed by atoms with van der Waals surface area (Å²) in [6.07, 6.45) is 1.06. The lowest BCUT2D eigenvalue weighted by molar-refractivity contribution is 0.304. The fraction of sp³-hybridized carbons (Fsp3) is 0.250. The number of hydrogen-bond acceptors (Lipinski definition) is 1. The van der Waals surface area contributed by atoms with Crippen LogP contribution in [0, 0.1) is 0 Å². The van der Waals surface area contributed by atoms with Gasteiger partial charge in [-0.2, -0.15) is 0 Å². The van der Waals surface area contributed by atoms with Crippen molar-refractivity contribution in [2.75, 3.05) is 0 Å². The van der Waals surface area contributed by atoms with Crippen molar-refractivity contribution in [2.24, 2.45) is 0 Å². The SMILES string of the molecule is CCc1ccc(COc2cccc(Cl)c2CBr)cc1. The summed E-state index contributed by atoms with van der Waals surface area (Å²) >= 11 is 9.58. The van der Waals surface area contributed by atoms with Gasteiger partial charge >= 0.3 is 0 Å². The number of benzene rings is 2. The molecule has 0 aliphatic rings. The van der Waals surface area contributed by atoms with E-state index in [4.69, 9.17) is 16.3 Å². The van der Waals surface area contributed by atoms with Gasteiger partial charge in [0, 0.05) is 15.9 Å². The highest BCUT2D eigenvalue weighted by molar-refractivity contribution is 9.08. The Labute approximate surface area is 127 Å². The van der Waals surface area contributed by atoms with Crippen LogP contribution in [0.25, 0.3) is 0 Å². The van der Waals surface area contributed by atoms with Crippen LogP contribution in [0.2, 0.25) is 5.02 Å². The first kappa shape index (κ1) is 14.4. The minimum absolute atomic E-state index is 0.560. The molecule has 0 aliphatic carbocycles. The lowest BCUT2D eigenvalue weighted by atomic mass is 10.1. The maximum absolute atomic E-state index is 6.14. The van der Waals surface area contributed by atoms with Gasteiger partial charge in [0.2, 0.25) is 0 Å². The first-order chi connectivity index (χ1) is 9.24. The Morgan fingerprint density at radius 3 is 2.37 bits per heavy atom. The van der Waals surface area contributed by atoms with E-state index >= 15 is 0 Å². The van der Waals surface area contributed by atoms with Gasteiger partial charge in [-0.3, -0.25) is 0 Å². The summed E-state index contributed by atoms with van der Waals surface area (Å²) in [5, 5.41) is 1.42. The molecule has 2 aromatic rings. The van der Waals surface area contributed by atoms with Gasteiger partial charge in [-0.1, -0.05) is 64.8 Å². The first-order valence-corrected chi connectivity index (χ1v) is 7.78. The molecule has 2 aromatic carbocycles. The van der Waals surface area contributed by atoms with Crippen LogP contribution in [0.4, 0.5) is 0 Å². The number of rotatable bonds is 5. The second-order valence-corrected chi connectivity index (χ2v) is 5.28. The second kappa shape index (κ2) is 6.97. The highest BCUT2D eigenvalue weighted by Crippen LogP contribution is 2.29. The number of aryl methyl sites for hydroxylation is 1. The lowest BCUT2D eigenvalue weighted by Gasteiger charge is -2.11. The third-order valence-corrected chi connectivity index (χ3v) is 3.95. The van der Waals surface area contributed by atoms with Crippen molar-refractivity contribution in [3.05, 3.63) is 64.2 Å². The molecule has 0 radical (unpaired) electrons. The van der Waals surface area contributed by atoms with Crippen molar-refractivity contribution in [2.45, 2.75) is 25.3 Å². The fourth-order valence-corrected chi connectivity index (χ4v) is 2.81. The molecule has 0 amide bonds. The summed E-state index contributed by atoms with van der Waals surface area (Å²) in [6.45, 7) is 2.71. The molecular formula is C16H16BrClO. The molecule has 0 aliphatic heterocycles. The van der Waals surface area contributed by atoms with Crippen LogP contribution in [0.3, 0.4) is 0 Å². The summed E-state index contributed by atoms with van der Waals surface area (Å²) in [5.41, 5.74) is 3.50. The van der Waals surface area contributed by atoms with E-state index in [0.29, 0.717) is 11.9 Å². The molecule has 19 heavy (non-hydrogen) atoms. The third-order valence-electron chi connectivity index (χ3n) is 3.04. The third kappa shape index (κ3) is 3.74. The van der Waals surface area contributed by atoms with Gasteiger partial charge in [-0.25, -0.2) is 0 Å². The Hall–Kier alpha value is -0.990. The maximum Gasteiger partial charge on any atom is 0.125 e. The van der Waals surface area contributed by atoms with E-state index in [1.165, 1.54) is 5.56 Å². The van der Waals surface area contributed by atoms with Gasteiger partial charge < -0.3 is 4.74 Å². The van der Waals surface area contributed by atoms with Crippen LogP contribution >= 0.6 is 27.5 Å². The van der Waals surface area contributed by atoms with Crippen LogP contribution in [0.5, 0.6) is 5.75 Å². The zero-order valence-corrected chi connectivity index (χ0v) is 13.2. The highest BCUT2D eigenvalue weighted by atomic mass is 79.9. The summed E-state index contributed by atoms with van der Waals surface area (Å²) in [7, 11) is 0. The Morgan fingerprint density at radius 1 is 1.05 bits per heavy atom. The van der Waals surface area contributed by atoms with Gasteiger partial charge in [-0.15, -0.1) is 0 Å². The molecule has 0 heterocycles.